The molecule has 0 aliphatic carbocycles. The van der Waals surface area contributed by atoms with Crippen LogP contribution in [0.25, 0.3) is 0 Å². The van der Waals surface area contributed by atoms with Crippen LogP contribution in [-0.2, 0) is 0 Å². The van der Waals surface area contributed by atoms with E-state index in [4.69, 9.17) is 0 Å². The Bertz CT molecular complexity index is 237. The second-order valence-corrected chi connectivity index (χ2v) is 6.81. The standard InChI is InChI=1S/C16H34N2O/c1-5-15-7-11-18(12-8-15)10-6-9-16(4,13-19)17-14(2)3/h14-15,17,19H,5-13H2,1-4H3. The number of nitrogens with one attached hydrogen (secondary N) is 1. The summed E-state index contributed by atoms with van der Waals surface area (Å²) < 4.78 is 0. The molecule has 0 radical (unpaired) electrons. The molecular formula is C16H34N2O. The summed E-state index contributed by atoms with van der Waals surface area (Å²) in [6, 6.07) is 0.428. The zero-order valence-corrected chi connectivity index (χ0v) is 13.4. The first-order valence-corrected chi connectivity index (χ1v) is 8.10. The number of piperidine rings is 1. The van der Waals surface area contributed by atoms with Crippen LogP contribution in [0.15, 0.2) is 0 Å². The molecule has 0 aromatic heterocycles. The highest BCUT2D eigenvalue weighted by molar-refractivity contribution is 4.84. The quantitative estimate of drug-likeness (QED) is 0.712. The van der Waals surface area contributed by atoms with E-state index in [1.165, 1.54) is 45.3 Å². The summed E-state index contributed by atoms with van der Waals surface area (Å²) in [6.07, 6.45) is 6.31. The lowest BCUT2D eigenvalue weighted by Crippen LogP contribution is -2.49. The van der Waals surface area contributed by atoms with Crippen molar-refractivity contribution < 1.29 is 5.11 Å². The minimum Gasteiger partial charge on any atom is -0.394 e. The van der Waals surface area contributed by atoms with E-state index in [9.17, 15) is 5.11 Å². The lowest BCUT2D eigenvalue weighted by molar-refractivity contribution is 0.138. The van der Waals surface area contributed by atoms with Crippen molar-refractivity contribution >= 4 is 0 Å². The van der Waals surface area contributed by atoms with E-state index in [2.05, 4.69) is 37.9 Å². The van der Waals surface area contributed by atoms with Gasteiger partial charge in [-0.2, -0.15) is 0 Å². The molecule has 1 heterocycles. The van der Waals surface area contributed by atoms with Gasteiger partial charge in [0.05, 0.1) is 6.61 Å². The number of aliphatic hydroxyl groups excluding tert-OH is 1. The van der Waals surface area contributed by atoms with Gasteiger partial charge in [0.1, 0.15) is 0 Å². The number of hydrogen-bond acceptors (Lipinski definition) is 3. The van der Waals surface area contributed by atoms with Gasteiger partial charge in [0.25, 0.3) is 0 Å². The average Bonchev–Trinajstić information content (AvgIpc) is 2.38. The third kappa shape index (κ3) is 6.24. The van der Waals surface area contributed by atoms with Crippen LogP contribution in [-0.4, -0.2) is 47.8 Å². The molecule has 0 bridgehead atoms. The van der Waals surface area contributed by atoms with Gasteiger partial charge in [0.2, 0.25) is 0 Å². The van der Waals surface area contributed by atoms with Crippen molar-refractivity contribution in [3.05, 3.63) is 0 Å². The van der Waals surface area contributed by atoms with Gasteiger partial charge in [-0.25, -0.2) is 0 Å². The average molecular weight is 270 g/mol. The maximum atomic E-state index is 9.56. The van der Waals surface area contributed by atoms with E-state index in [-0.39, 0.29) is 12.1 Å². The predicted octanol–water partition coefficient (Wildman–Crippen LogP) is 2.64. The van der Waals surface area contributed by atoms with E-state index in [1.54, 1.807) is 0 Å². The zero-order chi connectivity index (χ0) is 14.3. The van der Waals surface area contributed by atoms with Crippen molar-refractivity contribution in [3.63, 3.8) is 0 Å². The monoisotopic (exact) mass is 270 g/mol. The van der Waals surface area contributed by atoms with Crippen molar-refractivity contribution in [1.29, 1.82) is 0 Å². The van der Waals surface area contributed by atoms with Crippen LogP contribution >= 0.6 is 0 Å². The fourth-order valence-electron chi connectivity index (χ4n) is 3.20. The normalized spacial score (nSPS) is 21.8. The van der Waals surface area contributed by atoms with E-state index >= 15 is 0 Å². The topological polar surface area (TPSA) is 35.5 Å². The SMILES string of the molecule is CCC1CCN(CCCC(C)(CO)NC(C)C)CC1. The van der Waals surface area contributed by atoms with Gasteiger partial charge in [-0.1, -0.05) is 27.2 Å². The van der Waals surface area contributed by atoms with Crippen LogP contribution < -0.4 is 5.32 Å². The molecule has 2 N–H and O–H groups in total. The third-order valence-corrected chi connectivity index (χ3v) is 4.47. The molecule has 0 saturated carbocycles. The highest BCUT2D eigenvalue weighted by atomic mass is 16.3. The molecule has 0 aromatic rings. The summed E-state index contributed by atoms with van der Waals surface area (Å²) >= 11 is 0. The first-order chi connectivity index (χ1) is 8.99. The van der Waals surface area contributed by atoms with Crippen molar-refractivity contribution in [2.75, 3.05) is 26.2 Å². The molecule has 3 nitrogen and oxygen atoms in total. The largest absolute Gasteiger partial charge is 0.394 e. The van der Waals surface area contributed by atoms with Crippen LogP contribution in [0.5, 0.6) is 0 Å². The molecule has 1 rings (SSSR count). The molecular weight excluding hydrogens is 236 g/mol. The Morgan fingerprint density at radius 3 is 2.42 bits per heavy atom. The van der Waals surface area contributed by atoms with Gasteiger partial charge in [-0.3, -0.25) is 0 Å². The summed E-state index contributed by atoms with van der Waals surface area (Å²) in [7, 11) is 0. The zero-order valence-electron chi connectivity index (χ0n) is 13.4. The second kappa shape index (κ2) is 8.23. The van der Waals surface area contributed by atoms with Gasteiger partial charge < -0.3 is 15.3 Å². The maximum absolute atomic E-state index is 9.56. The highest BCUT2D eigenvalue weighted by Gasteiger charge is 2.24. The second-order valence-electron chi connectivity index (χ2n) is 6.81. The van der Waals surface area contributed by atoms with Crippen LogP contribution in [0, 0.1) is 5.92 Å². The van der Waals surface area contributed by atoms with Crippen LogP contribution in [0.4, 0.5) is 0 Å². The first kappa shape index (κ1) is 16.9. The number of hydrogen-bond donors (Lipinski definition) is 2. The lowest BCUT2D eigenvalue weighted by atomic mass is 9.93. The van der Waals surface area contributed by atoms with Crippen LogP contribution in [0.2, 0.25) is 0 Å². The molecule has 0 spiro atoms. The fourth-order valence-corrected chi connectivity index (χ4v) is 3.20. The highest BCUT2D eigenvalue weighted by Crippen LogP contribution is 2.21. The van der Waals surface area contributed by atoms with Gasteiger partial charge in [0, 0.05) is 11.6 Å². The van der Waals surface area contributed by atoms with Gasteiger partial charge in [-0.15, -0.1) is 0 Å². The van der Waals surface area contributed by atoms with Gasteiger partial charge in [-0.05, 0) is 58.2 Å². The molecule has 1 saturated heterocycles. The summed E-state index contributed by atoms with van der Waals surface area (Å²) in [5, 5.41) is 13.1. The van der Waals surface area contributed by atoms with Gasteiger partial charge in [0.15, 0.2) is 0 Å². The summed E-state index contributed by atoms with van der Waals surface area (Å²) in [5.41, 5.74) is -0.115. The van der Waals surface area contributed by atoms with Gasteiger partial charge >= 0.3 is 0 Å². The molecule has 3 heteroatoms. The van der Waals surface area contributed by atoms with Crippen molar-refractivity contribution in [3.8, 4) is 0 Å². The van der Waals surface area contributed by atoms with Crippen LogP contribution in [0.3, 0.4) is 0 Å². The number of rotatable bonds is 8. The fraction of sp³-hybridized carbons (Fsp3) is 1.00. The third-order valence-electron chi connectivity index (χ3n) is 4.47. The minimum atomic E-state index is -0.115. The Hall–Kier alpha value is -0.120. The molecule has 1 fully saturated rings. The minimum absolute atomic E-state index is 0.115. The van der Waals surface area contributed by atoms with E-state index in [1.807, 2.05) is 0 Å². The maximum Gasteiger partial charge on any atom is 0.0610 e. The molecule has 114 valence electrons. The van der Waals surface area contributed by atoms with E-state index in [0.29, 0.717) is 6.04 Å². The predicted molar refractivity (Wildman–Crippen MR) is 82.5 cm³/mol. The molecule has 1 aliphatic rings. The van der Waals surface area contributed by atoms with Crippen molar-refractivity contribution in [2.45, 2.75) is 71.4 Å². The number of aliphatic hydroxyl groups is 1. The molecule has 0 aromatic carbocycles. The summed E-state index contributed by atoms with van der Waals surface area (Å²) in [4.78, 5) is 2.60. The Morgan fingerprint density at radius 1 is 1.32 bits per heavy atom. The van der Waals surface area contributed by atoms with E-state index in [0.717, 1.165) is 12.3 Å². The first-order valence-electron chi connectivity index (χ1n) is 8.10. The Balaban J connectivity index is 2.22. The van der Waals surface area contributed by atoms with E-state index < -0.39 is 0 Å². The molecule has 19 heavy (non-hydrogen) atoms. The Labute approximate surface area is 119 Å². The molecule has 1 aliphatic heterocycles. The van der Waals surface area contributed by atoms with Crippen molar-refractivity contribution in [2.24, 2.45) is 5.92 Å². The number of likely N-dealkylation sites (tertiary alicyclic amines) is 1. The summed E-state index contributed by atoms with van der Waals surface area (Å²) in [5.74, 6) is 0.960. The molecule has 1 unspecified atom stereocenters. The summed E-state index contributed by atoms with van der Waals surface area (Å²) in [6.45, 7) is 12.7. The number of nitrogens with zero attached hydrogens (tertiary/aromatic N) is 1. The Morgan fingerprint density at radius 2 is 1.95 bits per heavy atom. The molecule has 1 atom stereocenters. The smallest absolute Gasteiger partial charge is 0.0610 e. The Kier molecular flexibility index (Phi) is 7.33. The lowest BCUT2D eigenvalue weighted by Gasteiger charge is -2.34. The van der Waals surface area contributed by atoms with Crippen LogP contribution in [0.1, 0.15) is 59.8 Å². The molecule has 0 amide bonds. The van der Waals surface area contributed by atoms with Crippen molar-refractivity contribution in [1.82, 2.24) is 10.2 Å².